The van der Waals surface area contributed by atoms with Crippen LogP contribution in [0.5, 0.6) is 0 Å². The van der Waals surface area contributed by atoms with Crippen molar-refractivity contribution in [3.05, 3.63) is 35.9 Å². The maximum absolute atomic E-state index is 12.3. The molecule has 0 fully saturated rings. The second-order valence-corrected chi connectivity index (χ2v) is 6.54. The maximum atomic E-state index is 12.3. The van der Waals surface area contributed by atoms with Gasteiger partial charge in [0.2, 0.25) is 0 Å². The van der Waals surface area contributed by atoms with Gasteiger partial charge in [0.05, 0.1) is 5.52 Å². The fraction of sp³-hybridized carbons (Fsp3) is 0.550. The minimum Gasteiger partial charge on any atom is -0.267 e. The van der Waals surface area contributed by atoms with E-state index in [4.69, 9.17) is 0 Å². The molecular weight excluding hydrogens is 298 g/mol. The number of aromatic nitrogens is 3. The molecule has 24 heavy (non-hydrogen) atoms. The molecule has 0 radical (unpaired) electrons. The molecule has 0 atom stereocenters. The molecule has 2 aromatic rings. The third kappa shape index (κ3) is 5.59. The summed E-state index contributed by atoms with van der Waals surface area (Å²) in [5.74, 6) is -0.110. The second kappa shape index (κ2) is 10.0. The zero-order valence-corrected chi connectivity index (χ0v) is 15.0. The van der Waals surface area contributed by atoms with Crippen LogP contribution in [0.1, 0.15) is 76.4 Å². The van der Waals surface area contributed by atoms with E-state index in [1.165, 1.54) is 49.6 Å². The highest BCUT2D eigenvalue weighted by atomic mass is 16.2. The zero-order valence-electron chi connectivity index (χ0n) is 15.0. The lowest BCUT2D eigenvalue weighted by Crippen LogP contribution is -2.09. The predicted octanol–water partition coefficient (Wildman–Crippen LogP) is 5.55. The first-order valence-corrected chi connectivity index (χ1v) is 9.24. The highest BCUT2D eigenvalue weighted by molar-refractivity contribution is 5.95. The molecule has 0 aliphatic carbocycles. The topological polar surface area (TPSA) is 47.8 Å². The lowest BCUT2D eigenvalue weighted by atomic mass is 10.0. The van der Waals surface area contributed by atoms with E-state index in [2.05, 4.69) is 17.2 Å². The van der Waals surface area contributed by atoms with Crippen LogP contribution in [0.15, 0.2) is 35.9 Å². The molecule has 1 aromatic carbocycles. The molecule has 0 amide bonds. The molecule has 0 saturated heterocycles. The average molecular weight is 327 g/mol. The Morgan fingerprint density at radius 1 is 1.04 bits per heavy atom. The predicted molar refractivity (Wildman–Crippen MR) is 99.1 cm³/mol. The Kier molecular flexibility index (Phi) is 7.66. The maximum Gasteiger partial charge on any atom is 0.272 e. The van der Waals surface area contributed by atoms with Crippen molar-refractivity contribution in [3.8, 4) is 0 Å². The van der Waals surface area contributed by atoms with Gasteiger partial charge in [0.25, 0.3) is 5.91 Å². The van der Waals surface area contributed by atoms with Gasteiger partial charge in [0.1, 0.15) is 5.52 Å². The first kappa shape index (κ1) is 18.4. The number of unbranched alkanes of at least 4 members (excludes halogenated alkanes) is 7. The summed E-state index contributed by atoms with van der Waals surface area (Å²) in [6.07, 6.45) is 13.1. The highest BCUT2D eigenvalue weighted by Gasteiger charge is 2.09. The van der Waals surface area contributed by atoms with Crippen LogP contribution < -0.4 is 0 Å². The quantitative estimate of drug-likeness (QED) is 0.424. The first-order valence-electron chi connectivity index (χ1n) is 9.24. The molecule has 0 spiro atoms. The van der Waals surface area contributed by atoms with E-state index < -0.39 is 0 Å². The molecule has 0 bridgehead atoms. The summed E-state index contributed by atoms with van der Waals surface area (Å²) in [6, 6.07) is 7.53. The van der Waals surface area contributed by atoms with Crippen molar-refractivity contribution >= 4 is 16.9 Å². The minimum atomic E-state index is -0.110. The van der Waals surface area contributed by atoms with Crippen LogP contribution in [0, 0.1) is 0 Å². The van der Waals surface area contributed by atoms with E-state index in [1.807, 2.05) is 31.2 Å². The fourth-order valence-corrected chi connectivity index (χ4v) is 2.91. The Morgan fingerprint density at radius 3 is 2.46 bits per heavy atom. The van der Waals surface area contributed by atoms with Gasteiger partial charge in [-0.2, -0.15) is 4.68 Å². The van der Waals surface area contributed by atoms with Crippen LogP contribution >= 0.6 is 0 Å². The summed E-state index contributed by atoms with van der Waals surface area (Å²) in [4.78, 5) is 12.3. The Balaban J connectivity index is 1.74. The van der Waals surface area contributed by atoms with E-state index in [0.717, 1.165) is 29.4 Å². The third-order valence-corrected chi connectivity index (χ3v) is 4.36. The number of benzene rings is 1. The van der Waals surface area contributed by atoms with Gasteiger partial charge in [0, 0.05) is 6.08 Å². The Morgan fingerprint density at radius 2 is 1.71 bits per heavy atom. The van der Waals surface area contributed by atoms with Crippen LogP contribution in [0.2, 0.25) is 0 Å². The Labute approximate surface area is 144 Å². The second-order valence-electron chi connectivity index (χ2n) is 6.54. The van der Waals surface area contributed by atoms with Crippen LogP contribution in [0.25, 0.3) is 11.0 Å². The minimum absolute atomic E-state index is 0.110. The summed E-state index contributed by atoms with van der Waals surface area (Å²) in [6.45, 7) is 4.27. The smallest absolute Gasteiger partial charge is 0.267 e. The zero-order chi connectivity index (χ0) is 17.2. The van der Waals surface area contributed by atoms with Crippen molar-refractivity contribution < 1.29 is 4.79 Å². The van der Waals surface area contributed by atoms with Gasteiger partial charge in [-0.3, -0.25) is 4.79 Å². The molecule has 130 valence electrons. The summed E-state index contributed by atoms with van der Waals surface area (Å²) in [7, 11) is 0. The van der Waals surface area contributed by atoms with Crippen molar-refractivity contribution in [2.45, 2.75) is 71.6 Å². The molecule has 1 heterocycles. The van der Waals surface area contributed by atoms with Crippen molar-refractivity contribution in [2.24, 2.45) is 0 Å². The lowest BCUT2D eigenvalue weighted by molar-refractivity contribution is 0.0956. The summed E-state index contributed by atoms with van der Waals surface area (Å²) in [5.41, 5.74) is 2.63. The highest BCUT2D eigenvalue weighted by Crippen LogP contribution is 2.14. The van der Waals surface area contributed by atoms with Gasteiger partial charge in [-0.05, 0) is 31.9 Å². The number of nitrogens with zero attached hydrogens (tertiary/aromatic N) is 3. The van der Waals surface area contributed by atoms with E-state index in [1.54, 1.807) is 6.08 Å². The van der Waals surface area contributed by atoms with Crippen molar-refractivity contribution in [1.82, 2.24) is 15.0 Å². The SMILES string of the molecule is CCCCCCCCCCC(C)=CC(=O)n1nnc2ccccc21. The molecule has 0 saturated carbocycles. The normalized spacial score (nSPS) is 12.0. The number of allylic oxidation sites excluding steroid dienone is 2. The van der Waals surface area contributed by atoms with Gasteiger partial charge in [0.15, 0.2) is 0 Å². The van der Waals surface area contributed by atoms with Crippen LogP contribution in [-0.4, -0.2) is 20.9 Å². The molecule has 2 rings (SSSR count). The van der Waals surface area contributed by atoms with Gasteiger partial charge >= 0.3 is 0 Å². The largest absolute Gasteiger partial charge is 0.272 e. The van der Waals surface area contributed by atoms with Crippen molar-refractivity contribution in [2.75, 3.05) is 0 Å². The molecule has 0 aliphatic heterocycles. The van der Waals surface area contributed by atoms with Gasteiger partial charge in [-0.25, -0.2) is 0 Å². The average Bonchev–Trinajstić information content (AvgIpc) is 3.01. The third-order valence-electron chi connectivity index (χ3n) is 4.36. The fourth-order valence-electron chi connectivity index (χ4n) is 2.91. The summed E-state index contributed by atoms with van der Waals surface area (Å²) >= 11 is 0. The first-order chi connectivity index (χ1) is 11.7. The number of hydrogen-bond donors (Lipinski definition) is 0. The number of carbonyl (C=O) groups is 1. The number of para-hydroxylation sites is 1. The van der Waals surface area contributed by atoms with E-state index in [9.17, 15) is 4.79 Å². The van der Waals surface area contributed by atoms with Gasteiger partial charge in [-0.15, -0.1) is 5.10 Å². The lowest BCUT2D eigenvalue weighted by Gasteiger charge is -2.03. The Bertz CT molecular complexity index is 672. The molecule has 0 aliphatic rings. The van der Waals surface area contributed by atoms with Gasteiger partial charge in [-0.1, -0.05) is 74.8 Å². The summed E-state index contributed by atoms with van der Waals surface area (Å²) in [5, 5.41) is 7.99. The van der Waals surface area contributed by atoms with Gasteiger partial charge < -0.3 is 0 Å². The standard InChI is InChI=1S/C20H29N3O/c1-3-4-5-6-7-8-9-10-13-17(2)16-20(24)23-19-15-12-11-14-18(19)21-22-23/h11-12,14-16H,3-10,13H2,1-2H3. The molecular formula is C20H29N3O. The van der Waals surface area contributed by atoms with E-state index in [-0.39, 0.29) is 5.91 Å². The molecule has 4 heteroatoms. The van der Waals surface area contributed by atoms with E-state index in [0.29, 0.717) is 0 Å². The van der Waals surface area contributed by atoms with Crippen LogP contribution in [-0.2, 0) is 0 Å². The van der Waals surface area contributed by atoms with Crippen LogP contribution in [0.4, 0.5) is 0 Å². The summed E-state index contributed by atoms with van der Waals surface area (Å²) < 4.78 is 1.38. The van der Waals surface area contributed by atoms with Crippen molar-refractivity contribution in [3.63, 3.8) is 0 Å². The number of fused-ring (bicyclic) bond motifs is 1. The number of hydrogen-bond acceptors (Lipinski definition) is 3. The molecule has 0 unspecified atom stereocenters. The molecule has 4 nitrogen and oxygen atoms in total. The monoisotopic (exact) mass is 327 g/mol. The number of rotatable bonds is 10. The van der Waals surface area contributed by atoms with E-state index >= 15 is 0 Å². The number of carbonyl (C=O) groups excluding carboxylic acids is 1. The molecule has 0 N–H and O–H groups in total. The molecule has 1 aromatic heterocycles. The Hall–Kier alpha value is -1.97. The van der Waals surface area contributed by atoms with Crippen molar-refractivity contribution in [1.29, 1.82) is 0 Å². The van der Waals surface area contributed by atoms with Crippen LogP contribution in [0.3, 0.4) is 0 Å².